The van der Waals surface area contributed by atoms with Gasteiger partial charge in [-0.05, 0) is 37.3 Å². The Hall–Kier alpha value is -2.08. The van der Waals surface area contributed by atoms with Gasteiger partial charge in [-0.1, -0.05) is 0 Å². The fraction of sp³-hybridized carbons (Fsp3) is 0.154. The molecule has 0 spiro atoms. The number of hydrogen-bond acceptors (Lipinski definition) is 4. The molecule has 1 aromatic carbocycles. The average molecular weight is 280 g/mol. The predicted octanol–water partition coefficient (Wildman–Crippen LogP) is 2.08. The van der Waals surface area contributed by atoms with Crippen LogP contribution in [0.15, 0.2) is 41.3 Å². The molecule has 1 aromatic rings. The zero-order chi connectivity index (χ0) is 14.4. The quantitative estimate of drug-likeness (QED) is 0.471. The maximum Gasteiger partial charge on any atom is 0.328 e. The minimum Gasteiger partial charge on any atom is -0.480 e. The van der Waals surface area contributed by atoms with Crippen LogP contribution in [0.5, 0.6) is 0 Å². The maximum atomic E-state index is 11.5. The number of ketones is 1. The van der Waals surface area contributed by atoms with Crippen molar-refractivity contribution in [1.82, 2.24) is 0 Å². The zero-order valence-electron chi connectivity index (χ0n) is 10.1. The first-order chi connectivity index (χ1) is 8.90. The summed E-state index contributed by atoms with van der Waals surface area (Å²) in [5.41, 5.74) is 0.352. The number of hydrogen-bond donors (Lipinski definition) is 2. The van der Waals surface area contributed by atoms with Crippen LogP contribution < -0.4 is 0 Å². The van der Waals surface area contributed by atoms with E-state index in [4.69, 9.17) is 10.2 Å². The summed E-state index contributed by atoms with van der Waals surface area (Å²) < 4.78 is 0. The smallest absolute Gasteiger partial charge is 0.328 e. The molecule has 1 rings (SSSR count). The lowest BCUT2D eigenvalue weighted by Gasteiger charge is -2.06. The molecule has 0 fully saturated rings. The minimum atomic E-state index is -1.18. The number of carboxylic acids is 2. The Balaban J connectivity index is 2.74. The van der Waals surface area contributed by atoms with E-state index >= 15 is 0 Å². The van der Waals surface area contributed by atoms with Gasteiger partial charge < -0.3 is 10.2 Å². The standard InChI is InChI=1S/C13H12O5S/c1-8(13(17)18)19-10-4-2-9(3-5-10)11(14)6-7-12(15)16/h2-8H,1H3,(H,15,16)(H,17,18)/b7-6+. The van der Waals surface area contributed by atoms with Crippen molar-refractivity contribution in [3.63, 3.8) is 0 Å². The van der Waals surface area contributed by atoms with Crippen LogP contribution in [0.4, 0.5) is 0 Å². The molecule has 0 aliphatic heterocycles. The lowest BCUT2D eigenvalue weighted by molar-refractivity contribution is -0.136. The molecule has 5 nitrogen and oxygen atoms in total. The van der Waals surface area contributed by atoms with Gasteiger partial charge in [-0.2, -0.15) is 0 Å². The highest BCUT2D eigenvalue weighted by molar-refractivity contribution is 8.00. The zero-order valence-corrected chi connectivity index (χ0v) is 10.9. The third-order valence-electron chi connectivity index (χ3n) is 2.18. The van der Waals surface area contributed by atoms with Crippen LogP contribution in [0.3, 0.4) is 0 Å². The third-order valence-corrected chi connectivity index (χ3v) is 3.28. The fourth-order valence-electron chi connectivity index (χ4n) is 1.20. The number of allylic oxidation sites excluding steroid dienone is 1. The summed E-state index contributed by atoms with van der Waals surface area (Å²) in [5.74, 6) is -2.50. The van der Waals surface area contributed by atoms with Gasteiger partial charge in [-0.25, -0.2) is 4.79 Å². The lowest BCUT2D eigenvalue weighted by Crippen LogP contribution is -2.10. The molecule has 19 heavy (non-hydrogen) atoms. The Kier molecular flexibility index (Phi) is 5.32. The van der Waals surface area contributed by atoms with Gasteiger partial charge in [0.05, 0.1) is 0 Å². The van der Waals surface area contributed by atoms with Gasteiger partial charge in [0.1, 0.15) is 5.25 Å². The second-order valence-electron chi connectivity index (χ2n) is 3.66. The normalized spacial score (nSPS) is 12.3. The number of carboxylic acid groups (broad SMARTS) is 2. The second kappa shape index (κ2) is 6.75. The molecule has 0 bridgehead atoms. The SMILES string of the molecule is CC(Sc1ccc(C(=O)/C=C/C(=O)O)cc1)C(=O)O. The van der Waals surface area contributed by atoms with E-state index in [1.807, 2.05) is 0 Å². The first kappa shape index (κ1) is 15.0. The van der Waals surface area contributed by atoms with Crippen LogP contribution in [0.2, 0.25) is 0 Å². The molecule has 1 atom stereocenters. The predicted molar refractivity (Wildman–Crippen MR) is 70.5 cm³/mol. The summed E-state index contributed by atoms with van der Waals surface area (Å²) in [5, 5.41) is 16.6. The monoisotopic (exact) mass is 280 g/mol. The first-order valence-electron chi connectivity index (χ1n) is 5.35. The van der Waals surface area contributed by atoms with Crippen LogP contribution in [0.1, 0.15) is 17.3 Å². The maximum absolute atomic E-state index is 11.5. The van der Waals surface area contributed by atoms with Crippen LogP contribution in [-0.4, -0.2) is 33.2 Å². The lowest BCUT2D eigenvalue weighted by atomic mass is 10.1. The molecule has 0 amide bonds. The van der Waals surface area contributed by atoms with Crippen molar-refractivity contribution >= 4 is 29.5 Å². The largest absolute Gasteiger partial charge is 0.480 e. The summed E-state index contributed by atoms with van der Waals surface area (Å²) >= 11 is 1.17. The summed E-state index contributed by atoms with van der Waals surface area (Å²) in [4.78, 5) is 33.2. The highest BCUT2D eigenvalue weighted by Gasteiger charge is 2.12. The molecule has 0 heterocycles. The van der Waals surface area contributed by atoms with Gasteiger partial charge in [0.2, 0.25) is 0 Å². The third kappa shape index (κ3) is 4.97. The summed E-state index contributed by atoms with van der Waals surface area (Å²) in [6.45, 7) is 1.57. The molecular weight excluding hydrogens is 268 g/mol. The summed E-state index contributed by atoms with van der Waals surface area (Å²) in [7, 11) is 0. The number of carbonyl (C=O) groups is 3. The molecule has 6 heteroatoms. The van der Waals surface area contributed by atoms with Gasteiger partial charge in [0.15, 0.2) is 5.78 Å². The summed E-state index contributed by atoms with van der Waals surface area (Å²) in [6.07, 6.45) is 1.75. The minimum absolute atomic E-state index is 0.352. The Morgan fingerprint density at radius 3 is 2.16 bits per heavy atom. The van der Waals surface area contributed by atoms with Gasteiger partial charge in [-0.15, -0.1) is 11.8 Å². The molecular formula is C13H12O5S. The van der Waals surface area contributed by atoms with Crippen LogP contribution >= 0.6 is 11.8 Å². The Morgan fingerprint density at radius 2 is 1.68 bits per heavy atom. The van der Waals surface area contributed by atoms with Crippen molar-refractivity contribution in [2.75, 3.05) is 0 Å². The van der Waals surface area contributed by atoms with E-state index in [2.05, 4.69) is 0 Å². The molecule has 0 saturated heterocycles. The van der Waals surface area contributed by atoms with E-state index < -0.39 is 23.0 Å². The van der Waals surface area contributed by atoms with E-state index in [9.17, 15) is 14.4 Å². The number of rotatable bonds is 6. The van der Waals surface area contributed by atoms with Crippen molar-refractivity contribution in [2.24, 2.45) is 0 Å². The number of thioether (sulfide) groups is 1. The topological polar surface area (TPSA) is 91.7 Å². The van der Waals surface area contributed by atoms with E-state index in [0.717, 1.165) is 17.0 Å². The fourth-order valence-corrected chi connectivity index (χ4v) is 2.00. The molecule has 2 N–H and O–H groups in total. The summed E-state index contributed by atoms with van der Waals surface area (Å²) in [6, 6.07) is 6.33. The van der Waals surface area contributed by atoms with E-state index in [0.29, 0.717) is 5.56 Å². The number of carbonyl (C=O) groups excluding carboxylic acids is 1. The molecule has 0 aliphatic rings. The van der Waals surface area contributed by atoms with Crippen molar-refractivity contribution in [2.45, 2.75) is 17.1 Å². The molecule has 0 radical (unpaired) electrons. The van der Waals surface area contributed by atoms with Crippen molar-refractivity contribution in [3.05, 3.63) is 42.0 Å². The van der Waals surface area contributed by atoms with Crippen LogP contribution in [0, 0.1) is 0 Å². The van der Waals surface area contributed by atoms with Gasteiger partial charge >= 0.3 is 11.9 Å². The highest BCUT2D eigenvalue weighted by Crippen LogP contribution is 2.23. The van der Waals surface area contributed by atoms with Gasteiger partial charge in [-0.3, -0.25) is 9.59 Å². The molecule has 0 aromatic heterocycles. The highest BCUT2D eigenvalue weighted by atomic mass is 32.2. The number of benzene rings is 1. The molecule has 1 unspecified atom stereocenters. The molecule has 100 valence electrons. The van der Waals surface area contributed by atoms with E-state index in [1.165, 1.54) is 23.9 Å². The second-order valence-corrected chi connectivity index (χ2v) is 5.07. The van der Waals surface area contributed by atoms with E-state index in [-0.39, 0.29) is 0 Å². The van der Waals surface area contributed by atoms with E-state index in [1.54, 1.807) is 19.1 Å². The first-order valence-corrected chi connectivity index (χ1v) is 6.23. The van der Waals surface area contributed by atoms with Crippen molar-refractivity contribution in [1.29, 1.82) is 0 Å². The molecule has 0 aliphatic carbocycles. The van der Waals surface area contributed by atoms with Crippen LogP contribution in [-0.2, 0) is 9.59 Å². The average Bonchev–Trinajstić information content (AvgIpc) is 2.36. The van der Waals surface area contributed by atoms with Crippen LogP contribution in [0.25, 0.3) is 0 Å². The Bertz CT molecular complexity index is 518. The van der Waals surface area contributed by atoms with Crippen molar-refractivity contribution in [3.8, 4) is 0 Å². The van der Waals surface area contributed by atoms with Gasteiger partial charge in [0.25, 0.3) is 0 Å². The van der Waals surface area contributed by atoms with Gasteiger partial charge in [0, 0.05) is 16.5 Å². The molecule has 0 saturated carbocycles. The van der Waals surface area contributed by atoms with Crippen molar-refractivity contribution < 1.29 is 24.6 Å². The Morgan fingerprint density at radius 1 is 1.11 bits per heavy atom. The Labute approximate surface area is 113 Å². The number of aliphatic carboxylic acids is 2.